The van der Waals surface area contributed by atoms with Crippen LogP contribution in [0.1, 0.15) is 30.5 Å². The Hall–Kier alpha value is -3.83. The highest BCUT2D eigenvalue weighted by Crippen LogP contribution is 2.38. The molecule has 0 aliphatic carbocycles. The average Bonchev–Trinajstić information content (AvgIpc) is 2.88. The van der Waals surface area contributed by atoms with Crippen LogP contribution in [-0.4, -0.2) is 30.3 Å². The lowest BCUT2D eigenvalue weighted by Crippen LogP contribution is -2.39. The number of rotatable bonds is 8. The summed E-state index contributed by atoms with van der Waals surface area (Å²) in [6.45, 7) is 3.78. The van der Waals surface area contributed by atoms with E-state index in [9.17, 15) is 4.79 Å². The summed E-state index contributed by atoms with van der Waals surface area (Å²) < 4.78 is 6.36. The summed E-state index contributed by atoms with van der Waals surface area (Å²) in [7, 11) is 0. The zero-order valence-corrected chi connectivity index (χ0v) is 19.9. The molecule has 4 aromatic carbocycles. The number of carboxylic acid groups (broad SMARTS) is 1. The van der Waals surface area contributed by atoms with E-state index in [0.29, 0.717) is 0 Å². The van der Waals surface area contributed by atoms with Gasteiger partial charge in [0.2, 0.25) is 0 Å². The molecule has 0 saturated heterocycles. The van der Waals surface area contributed by atoms with Gasteiger partial charge in [0.25, 0.3) is 0 Å². The Balaban J connectivity index is 1.27. The number of carboxylic acids is 1. The molecule has 0 saturated carbocycles. The first kappa shape index (κ1) is 22.9. The maximum absolute atomic E-state index is 11.0. The number of anilines is 2. The van der Waals surface area contributed by atoms with Gasteiger partial charge in [-0.15, -0.1) is 0 Å². The van der Waals surface area contributed by atoms with Gasteiger partial charge in [-0.1, -0.05) is 66.7 Å². The van der Waals surface area contributed by atoms with Crippen molar-refractivity contribution in [2.75, 3.05) is 18.0 Å². The highest BCUT2D eigenvalue weighted by atomic mass is 16.5. The average molecular weight is 467 g/mol. The minimum Gasteiger partial charge on any atom is -0.486 e. The SMILES string of the molecule is C[C@@H](NCCC1CN(c2ccc(CC(=O)O)cc2)c2ccccc2O1)c1cccc2ccccc12. The van der Waals surface area contributed by atoms with Gasteiger partial charge in [0.15, 0.2) is 0 Å². The number of ether oxygens (including phenoxy) is 1. The molecule has 0 amide bonds. The molecule has 4 aromatic rings. The predicted molar refractivity (Wildman–Crippen MR) is 141 cm³/mol. The van der Waals surface area contributed by atoms with Crippen LogP contribution in [0.25, 0.3) is 10.8 Å². The van der Waals surface area contributed by atoms with Crippen molar-refractivity contribution >= 4 is 28.1 Å². The number of nitrogens with one attached hydrogen (secondary N) is 1. The van der Waals surface area contributed by atoms with Crippen molar-refractivity contribution in [1.82, 2.24) is 5.32 Å². The second-order valence-corrected chi connectivity index (χ2v) is 9.09. The zero-order chi connectivity index (χ0) is 24.2. The van der Waals surface area contributed by atoms with Crippen LogP contribution in [0.15, 0.2) is 91.0 Å². The first-order valence-electron chi connectivity index (χ1n) is 12.1. The molecular weight excluding hydrogens is 436 g/mol. The number of benzene rings is 4. The third kappa shape index (κ3) is 5.15. The van der Waals surface area contributed by atoms with Gasteiger partial charge in [0.1, 0.15) is 11.9 Å². The normalized spacial score (nSPS) is 15.9. The monoisotopic (exact) mass is 466 g/mol. The molecule has 1 aliphatic heterocycles. The molecular formula is C30H30N2O3. The van der Waals surface area contributed by atoms with Crippen molar-refractivity contribution in [1.29, 1.82) is 0 Å². The fourth-order valence-electron chi connectivity index (χ4n) is 4.86. The van der Waals surface area contributed by atoms with E-state index in [4.69, 9.17) is 9.84 Å². The molecule has 5 heteroatoms. The highest BCUT2D eigenvalue weighted by Gasteiger charge is 2.26. The Bertz CT molecular complexity index is 1310. The van der Waals surface area contributed by atoms with Crippen molar-refractivity contribution in [2.45, 2.75) is 31.9 Å². The second-order valence-electron chi connectivity index (χ2n) is 9.09. The summed E-state index contributed by atoms with van der Waals surface area (Å²) >= 11 is 0. The summed E-state index contributed by atoms with van der Waals surface area (Å²) in [6, 6.07) is 31.1. The third-order valence-corrected chi connectivity index (χ3v) is 6.65. The predicted octanol–water partition coefficient (Wildman–Crippen LogP) is 6.11. The number of fused-ring (bicyclic) bond motifs is 2. The van der Waals surface area contributed by atoms with E-state index in [2.05, 4.69) is 65.7 Å². The molecule has 5 rings (SSSR count). The lowest BCUT2D eigenvalue weighted by Gasteiger charge is -2.36. The summed E-state index contributed by atoms with van der Waals surface area (Å²) in [5.41, 5.74) is 4.18. The molecule has 1 aliphatic rings. The summed E-state index contributed by atoms with van der Waals surface area (Å²) in [5, 5.41) is 15.3. The van der Waals surface area contributed by atoms with Gasteiger partial charge in [-0.25, -0.2) is 0 Å². The Morgan fingerprint density at radius 1 is 1.00 bits per heavy atom. The fourth-order valence-corrected chi connectivity index (χ4v) is 4.86. The van der Waals surface area contributed by atoms with E-state index in [1.807, 2.05) is 42.5 Å². The number of para-hydroxylation sites is 2. The van der Waals surface area contributed by atoms with Gasteiger partial charge < -0.3 is 20.1 Å². The van der Waals surface area contributed by atoms with Gasteiger partial charge >= 0.3 is 5.97 Å². The van der Waals surface area contributed by atoms with E-state index < -0.39 is 5.97 Å². The van der Waals surface area contributed by atoms with Crippen molar-refractivity contribution in [3.63, 3.8) is 0 Å². The zero-order valence-electron chi connectivity index (χ0n) is 19.9. The van der Waals surface area contributed by atoms with Crippen molar-refractivity contribution < 1.29 is 14.6 Å². The van der Waals surface area contributed by atoms with Crippen LogP contribution in [0.4, 0.5) is 11.4 Å². The molecule has 2 atom stereocenters. The number of nitrogens with zero attached hydrogens (tertiary/aromatic N) is 1. The third-order valence-electron chi connectivity index (χ3n) is 6.65. The lowest BCUT2D eigenvalue weighted by atomic mass is 9.99. The molecule has 0 radical (unpaired) electrons. The Labute approximate surface area is 206 Å². The minimum absolute atomic E-state index is 0.0309. The van der Waals surface area contributed by atoms with Crippen LogP contribution >= 0.6 is 0 Å². The fraction of sp³-hybridized carbons (Fsp3) is 0.233. The van der Waals surface area contributed by atoms with E-state index in [1.54, 1.807) is 0 Å². The molecule has 0 spiro atoms. The van der Waals surface area contributed by atoms with Crippen LogP contribution in [0.2, 0.25) is 0 Å². The number of hydrogen-bond donors (Lipinski definition) is 2. The first-order valence-corrected chi connectivity index (χ1v) is 12.1. The summed E-state index contributed by atoms with van der Waals surface area (Å²) in [6.07, 6.45) is 0.941. The maximum atomic E-state index is 11.0. The molecule has 0 aromatic heterocycles. The van der Waals surface area contributed by atoms with Gasteiger partial charge in [-0.2, -0.15) is 0 Å². The first-order chi connectivity index (χ1) is 17.1. The lowest BCUT2D eigenvalue weighted by molar-refractivity contribution is -0.136. The van der Waals surface area contributed by atoms with Gasteiger partial charge in [-0.3, -0.25) is 4.79 Å². The molecule has 1 heterocycles. The number of carbonyl (C=O) groups is 1. The summed E-state index contributed by atoms with van der Waals surface area (Å²) in [5.74, 6) is 0.0558. The van der Waals surface area contributed by atoms with E-state index in [0.717, 1.165) is 42.2 Å². The molecule has 2 N–H and O–H groups in total. The van der Waals surface area contributed by atoms with Crippen molar-refractivity contribution in [3.8, 4) is 5.75 Å². The summed E-state index contributed by atoms with van der Waals surface area (Å²) in [4.78, 5) is 13.3. The van der Waals surface area contributed by atoms with Crippen LogP contribution in [0.5, 0.6) is 5.75 Å². The second kappa shape index (κ2) is 10.2. The Morgan fingerprint density at radius 3 is 2.57 bits per heavy atom. The van der Waals surface area contributed by atoms with Crippen LogP contribution < -0.4 is 15.0 Å². The standard InChI is InChI=1S/C30H30N2O3/c1-21(26-10-6-8-23-7-2-3-9-27(23)26)31-18-17-25-20-32(28-11-4-5-12-29(28)35-25)24-15-13-22(14-16-24)19-30(33)34/h2-16,21,25,31H,17-20H2,1H3,(H,33,34)/t21-,25?/m1/s1. The smallest absolute Gasteiger partial charge is 0.307 e. The Kier molecular flexibility index (Phi) is 6.68. The largest absolute Gasteiger partial charge is 0.486 e. The molecule has 1 unspecified atom stereocenters. The van der Waals surface area contributed by atoms with Gasteiger partial charge in [0, 0.05) is 11.7 Å². The highest BCUT2D eigenvalue weighted by molar-refractivity contribution is 5.86. The van der Waals surface area contributed by atoms with E-state index in [1.165, 1.54) is 16.3 Å². The molecule has 0 fully saturated rings. The van der Waals surface area contributed by atoms with Gasteiger partial charge in [0.05, 0.1) is 18.7 Å². The number of hydrogen-bond acceptors (Lipinski definition) is 4. The van der Waals surface area contributed by atoms with Crippen LogP contribution in [-0.2, 0) is 11.2 Å². The molecule has 5 nitrogen and oxygen atoms in total. The maximum Gasteiger partial charge on any atom is 0.307 e. The number of aliphatic carboxylic acids is 1. The molecule has 178 valence electrons. The van der Waals surface area contributed by atoms with Crippen molar-refractivity contribution in [2.24, 2.45) is 0 Å². The van der Waals surface area contributed by atoms with Gasteiger partial charge in [-0.05, 0) is 66.1 Å². The van der Waals surface area contributed by atoms with Crippen LogP contribution in [0, 0.1) is 0 Å². The molecule has 0 bridgehead atoms. The minimum atomic E-state index is -0.820. The van der Waals surface area contributed by atoms with Crippen LogP contribution in [0.3, 0.4) is 0 Å². The van der Waals surface area contributed by atoms with E-state index in [-0.39, 0.29) is 18.6 Å². The van der Waals surface area contributed by atoms with Crippen molar-refractivity contribution in [3.05, 3.63) is 102 Å². The topological polar surface area (TPSA) is 61.8 Å². The Morgan fingerprint density at radius 2 is 1.74 bits per heavy atom. The molecule has 35 heavy (non-hydrogen) atoms. The van der Waals surface area contributed by atoms with E-state index >= 15 is 0 Å². The quantitative estimate of drug-likeness (QED) is 0.328.